The summed E-state index contributed by atoms with van der Waals surface area (Å²) in [6, 6.07) is 9.66. The molecule has 0 atom stereocenters. The van der Waals surface area contributed by atoms with Crippen molar-refractivity contribution in [3.8, 4) is 11.1 Å². The number of hydrogen-bond acceptors (Lipinski definition) is 3. The Morgan fingerprint density at radius 2 is 1.48 bits per heavy atom. The zero-order chi connectivity index (χ0) is 20.0. The molecule has 0 aliphatic heterocycles. The Labute approximate surface area is 155 Å². The molecule has 27 heavy (non-hydrogen) atoms. The number of benzene rings is 2. The predicted octanol–water partition coefficient (Wildman–Crippen LogP) is 6.24. The monoisotopic (exact) mass is 404 g/mol. The van der Waals surface area contributed by atoms with E-state index in [4.69, 9.17) is 0 Å². The summed E-state index contributed by atoms with van der Waals surface area (Å²) in [5.41, 5.74) is 0.974. The van der Waals surface area contributed by atoms with Crippen LogP contribution in [0.15, 0.2) is 42.5 Å². The fourth-order valence-electron chi connectivity index (χ4n) is 2.78. The Morgan fingerprint density at radius 1 is 0.889 bits per heavy atom. The van der Waals surface area contributed by atoms with Gasteiger partial charge in [-0.25, -0.2) is 4.98 Å². The van der Waals surface area contributed by atoms with Crippen LogP contribution in [0.25, 0.3) is 21.3 Å². The minimum atomic E-state index is -5.41. The maximum absolute atomic E-state index is 12.9. The number of para-hydroxylation sites is 1. The average Bonchev–Trinajstić information content (AvgIpc) is 2.97. The van der Waals surface area contributed by atoms with Crippen LogP contribution in [0.3, 0.4) is 0 Å². The zero-order valence-electron chi connectivity index (χ0n) is 14.2. The third-order valence-corrected chi connectivity index (χ3v) is 5.19. The van der Waals surface area contributed by atoms with Crippen LogP contribution in [0.1, 0.15) is 11.5 Å². The van der Waals surface area contributed by atoms with Crippen LogP contribution in [0.5, 0.6) is 0 Å². The van der Waals surface area contributed by atoms with Gasteiger partial charge in [0.15, 0.2) is 11.0 Å². The third-order valence-electron chi connectivity index (χ3n) is 4.00. The predicted molar refractivity (Wildman–Crippen MR) is 94.2 cm³/mol. The van der Waals surface area contributed by atoms with Crippen molar-refractivity contribution in [3.05, 3.63) is 48.0 Å². The number of nitrogens with zero attached hydrogens (tertiary/aromatic N) is 2. The van der Waals surface area contributed by atoms with Gasteiger partial charge in [0, 0.05) is 19.7 Å². The van der Waals surface area contributed by atoms with E-state index in [-0.39, 0.29) is 0 Å². The van der Waals surface area contributed by atoms with Crippen LogP contribution in [-0.4, -0.2) is 31.4 Å². The number of aromatic nitrogens is 1. The van der Waals surface area contributed by atoms with Gasteiger partial charge in [-0.2, -0.15) is 26.3 Å². The number of rotatable bonds is 3. The third kappa shape index (κ3) is 3.87. The van der Waals surface area contributed by atoms with Gasteiger partial charge in [0.05, 0.1) is 10.2 Å². The largest absolute Gasteiger partial charge is 0.404 e. The van der Waals surface area contributed by atoms with E-state index >= 15 is 0 Å². The SMILES string of the molecule is CN(C)c1nc2c(-c3ccc(C(C(F)(F)F)C(F)(F)F)cc3)cccc2s1. The van der Waals surface area contributed by atoms with Crippen LogP contribution in [-0.2, 0) is 0 Å². The first-order valence-corrected chi connectivity index (χ1v) is 8.61. The normalized spacial score (nSPS) is 12.8. The quantitative estimate of drug-likeness (QED) is 0.481. The lowest BCUT2D eigenvalue weighted by Gasteiger charge is -2.23. The van der Waals surface area contributed by atoms with E-state index in [1.807, 2.05) is 25.1 Å². The molecule has 2 nitrogen and oxygen atoms in total. The second-order valence-electron chi connectivity index (χ2n) is 6.18. The maximum atomic E-state index is 12.9. The summed E-state index contributed by atoms with van der Waals surface area (Å²) >= 11 is 1.45. The van der Waals surface area contributed by atoms with Gasteiger partial charge >= 0.3 is 12.4 Å². The van der Waals surface area contributed by atoms with Gasteiger partial charge in [-0.05, 0) is 17.2 Å². The number of anilines is 1. The van der Waals surface area contributed by atoms with Gasteiger partial charge in [-0.15, -0.1) is 0 Å². The minimum Gasteiger partial charge on any atom is -0.354 e. The average molecular weight is 404 g/mol. The Balaban J connectivity index is 2.04. The van der Waals surface area contributed by atoms with Gasteiger partial charge in [-0.1, -0.05) is 47.7 Å². The zero-order valence-corrected chi connectivity index (χ0v) is 15.0. The van der Waals surface area contributed by atoms with E-state index in [9.17, 15) is 26.3 Å². The van der Waals surface area contributed by atoms with Crippen molar-refractivity contribution >= 4 is 26.7 Å². The Bertz CT molecular complexity index is 927. The summed E-state index contributed by atoms with van der Waals surface area (Å²) in [5, 5.41) is 0.753. The second-order valence-corrected chi connectivity index (χ2v) is 7.19. The van der Waals surface area contributed by atoms with Crippen LogP contribution < -0.4 is 4.90 Å². The minimum absolute atomic E-state index is 0.503. The first-order chi connectivity index (χ1) is 12.5. The van der Waals surface area contributed by atoms with Crippen molar-refractivity contribution in [2.24, 2.45) is 0 Å². The van der Waals surface area contributed by atoms with Gasteiger partial charge in [-0.3, -0.25) is 0 Å². The Morgan fingerprint density at radius 3 is 2.00 bits per heavy atom. The van der Waals surface area contributed by atoms with E-state index in [0.717, 1.165) is 22.0 Å². The Hall–Kier alpha value is -2.29. The highest BCUT2D eigenvalue weighted by Gasteiger charge is 2.57. The first kappa shape index (κ1) is 19.5. The molecule has 0 fully saturated rings. The highest BCUT2D eigenvalue weighted by Crippen LogP contribution is 2.46. The molecule has 0 saturated heterocycles. The molecule has 0 N–H and O–H groups in total. The molecular formula is C18H14F6N2S. The van der Waals surface area contributed by atoms with Gasteiger partial charge in [0.2, 0.25) is 0 Å². The summed E-state index contributed by atoms with van der Waals surface area (Å²) in [7, 11) is 3.67. The van der Waals surface area contributed by atoms with Crippen LogP contribution in [0.2, 0.25) is 0 Å². The van der Waals surface area contributed by atoms with Crippen LogP contribution in [0, 0.1) is 0 Å². The van der Waals surface area contributed by atoms with E-state index in [0.29, 0.717) is 16.6 Å². The molecule has 2 aromatic carbocycles. The molecule has 0 aliphatic rings. The van der Waals surface area contributed by atoms with Crippen molar-refractivity contribution in [3.63, 3.8) is 0 Å². The lowest BCUT2D eigenvalue weighted by molar-refractivity contribution is -0.253. The fourth-order valence-corrected chi connectivity index (χ4v) is 3.69. The molecular weight excluding hydrogens is 390 g/mol. The number of fused-ring (bicyclic) bond motifs is 1. The molecule has 0 radical (unpaired) electrons. The molecule has 9 heteroatoms. The van der Waals surface area contributed by atoms with Crippen LogP contribution >= 0.6 is 11.3 Å². The molecule has 0 amide bonds. The summed E-state index contributed by atoms with van der Waals surface area (Å²) in [6.07, 6.45) is -10.8. The number of halogens is 6. The molecule has 3 aromatic rings. The fraction of sp³-hybridized carbons (Fsp3) is 0.278. The lowest BCUT2D eigenvalue weighted by Crippen LogP contribution is -2.34. The molecule has 0 saturated carbocycles. The number of alkyl halides is 6. The van der Waals surface area contributed by atoms with Crippen molar-refractivity contribution in [2.45, 2.75) is 18.3 Å². The standard InChI is InChI=1S/C18H14F6N2S/c1-26(2)16-25-14-12(4-3-5-13(14)27-16)10-6-8-11(9-7-10)15(17(19,20)21)18(22,23)24/h3-9,15H,1-2H3. The van der Waals surface area contributed by atoms with Gasteiger partial charge < -0.3 is 4.90 Å². The lowest BCUT2D eigenvalue weighted by atomic mass is 9.95. The summed E-state index contributed by atoms with van der Waals surface area (Å²) in [5.74, 6) is -3.51. The maximum Gasteiger partial charge on any atom is 0.404 e. The van der Waals surface area contributed by atoms with E-state index in [1.54, 1.807) is 12.1 Å². The number of thiazole rings is 1. The first-order valence-electron chi connectivity index (χ1n) is 7.79. The molecule has 0 aliphatic carbocycles. The van der Waals surface area contributed by atoms with Gasteiger partial charge in [0.25, 0.3) is 0 Å². The van der Waals surface area contributed by atoms with Crippen molar-refractivity contribution in [1.29, 1.82) is 0 Å². The molecule has 144 valence electrons. The second kappa shape index (κ2) is 6.70. The highest BCUT2D eigenvalue weighted by atomic mass is 32.1. The van der Waals surface area contributed by atoms with E-state index in [1.165, 1.54) is 23.5 Å². The summed E-state index contributed by atoms with van der Waals surface area (Å²) < 4.78 is 78.2. The van der Waals surface area contributed by atoms with Crippen molar-refractivity contribution in [1.82, 2.24) is 4.98 Å². The van der Waals surface area contributed by atoms with Crippen molar-refractivity contribution < 1.29 is 26.3 Å². The molecule has 1 aromatic heterocycles. The topological polar surface area (TPSA) is 16.1 Å². The van der Waals surface area contributed by atoms with E-state index in [2.05, 4.69) is 4.98 Å². The van der Waals surface area contributed by atoms with Crippen LogP contribution in [0.4, 0.5) is 31.5 Å². The highest BCUT2D eigenvalue weighted by molar-refractivity contribution is 7.22. The van der Waals surface area contributed by atoms with Gasteiger partial charge in [0.1, 0.15) is 0 Å². The van der Waals surface area contributed by atoms with Crippen molar-refractivity contribution in [2.75, 3.05) is 19.0 Å². The Kier molecular flexibility index (Phi) is 4.83. The molecule has 0 unspecified atom stereocenters. The molecule has 0 bridgehead atoms. The number of hydrogen-bond donors (Lipinski definition) is 0. The summed E-state index contributed by atoms with van der Waals surface area (Å²) in [4.78, 5) is 6.34. The smallest absolute Gasteiger partial charge is 0.354 e. The summed E-state index contributed by atoms with van der Waals surface area (Å²) in [6.45, 7) is 0. The molecule has 1 heterocycles. The molecule has 3 rings (SSSR count). The molecule has 0 spiro atoms. The van der Waals surface area contributed by atoms with E-state index < -0.39 is 23.8 Å².